The zero-order valence-electron chi connectivity index (χ0n) is 16.5. The summed E-state index contributed by atoms with van der Waals surface area (Å²) in [4.78, 5) is 12.6. The largest absolute Gasteiger partial charge is 0.494 e. The first-order valence-electron chi connectivity index (χ1n) is 9.32. The molecule has 0 saturated carbocycles. The first-order valence-corrected chi connectivity index (χ1v) is 10.8. The van der Waals surface area contributed by atoms with Crippen LogP contribution in [0.2, 0.25) is 0 Å². The molecule has 1 fully saturated rings. The van der Waals surface area contributed by atoms with Crippen molar-refractivity contribution < 1.29 is 22.7 Å². The van der Waals surface area contributed by atoms with E-state index in [1.807, 2.05) is 20.8 Å². The number of piperidine rings is 1. The van der Waals surface area contributed by atoms with Crippen LogP contribution in [0.1, 0.15) is 32.3 Å². The van der Waals surface area contributed by atoms with Gasteiger partial charge in [0, 0.05) is 32.2 Å². The molecule has 1 aliphatic heterocycles. The summed E-state index contributed by atoms with van der Waals surface area (Å²) in [5.74, 6) is 0.489. The van der Waals surface area contributed by atoms with Crippen LogP contribution in [0.3, 0.4) is 0 Å². The van der Waals surface area contributed by atoms with E-state index in [1.54, 1.807) is 25.3 Å². The molecule has 8 heteroatoms. The Balaban J connectivity index is 2.00. The van der Waals surface area contributed by atoms with Gasteiger partial charge in [-0.15, -0.1) is 0 Å². The number of carbonyl (C=O) groups is 1. The van der Waals surface area contributed by atoms with Gasteiger partial charge >= 0.3 is 0 Å². The van der Waals surface area contributed by atoms with Gasteiger partial charge < -0.3 is 14.8 Å². The van der Waals surface area contributed by atoms with Crippen molar-refractivity contribution >= 4 is 15.9 Å². The highest BCUT2D eigenvalue weighted by Gasteiger charge is 2.32. The van der Waals surface area contributed by atoms with Gasteiger partial charge in [0.1, 0.15) is 5.75 Å². The molecule has 7 nitrogen and oxygen atoms in total. The topological polar surface area (TPSA) is 84.9 Å². The van der Waals surface area contributed by atoms with E-state index in [2.05, 4.69) is 5.32 Å². The third-order valence-electron chi connectivity index (χ3n) is 4.71. The number of sulfonamides is 1. The third-order valence-corrected chi connectivity index (χ3v) is 6.61. The van der Waals surface area contributed by atoms with Crippen LogP contribution in [0, 0.1) is 12.8 Å². The average Bonchev–Trinajstić information content (AvgIpc) is 2.63. The summed E-state index contributed by atoms with van der Waals surface area (Å²) < 4.78 is 37.8. The normalized spacial score (nSPS) is 17.5. The highest BCUT2D eigenvalue weighted by atomic mass is 32.2. The molecule has 0 spiro atoms. The Labute approximate surface area is 162 Å². The van der Waals surface area contributed by atoms with Crippen LogP contribution in [0.25, 0.3) is 0 Å². The number of nitrogens with zero attached hydrogens (tertiary/aromatic N) is 1. The molecule has 1 heterocycles. The molecular weight excluding hydrogens is 368 g/mol. The lowest BCUT2D eigenvalue weighted by atomic mass is 9.97. The number of hydrogen-bond donors (Lipinski definition) is 1. The summed E-state index contributed by atoms with van der Waals surface area (Å²) in [7, 11) is -1.98. The molecule has 1 atom stereocenters. The fourth-order valence-electron chi connectivity index (χ4n) is 3.26. The van der Waals surface area contributed by atoms with Gasteiger partial charge in [0.15, 0.2) is 0 Å². The Kier molecular flexibility index (Phi) is 7.64. The molecule has 27 heavy (non-hydrogen) atoms. The molecule has 1 aliphatic rings. The smallest absolute Gasteiger partial charge is 0.243 e. The lowest BCUT2D eigenvalue weighted by molar-refractivity contribution is -0.127. The second-order valence-electron chi connectivity index (χ2n) is 6.90. The van der Waals surface area contributed by atoms with E-state index in [4.69, 9.17) is 9.47 Å². The molecule has 1 aromatic rings. The molecule has 0 bridgehead atoms. The van der Waals surface area contributed by atoms with E-state index in [0.29, 0.717) is 44.9 Å². The quantitative estimate of drug-likeness (QED) is 0.723. The monoisotopic (exact) mass is 398 g/mol. The molecule has 1 saturated heterocycles. The zero-order chi connectivity index (χ0) is 20.0. The zero-order valence-corrected chi connectivity index (χ0v) is 17.3. The van der Waals surface area contributed by atoms with Crippen molar-refractivity contribution in [3.8, 4) is 5.75 Å². The Morgan fingerprint density at radius 2 is 2.00 bits per heavy atom. The van der Waals surface area contributed by atoms with Gasteiger partial charge in [0.25, 0.3) is 0 Å². The lowest BCUT2D eigenvalue weighted by Gasteiger charge is -2.31. The molecule has 1 aromatic carbocycles. The molecule has 2 rings (SSSR count). The maximum Gasteiger partial charge on any atom is 0.243 e. The van der Waals surface area contributed by atoms with Crippen LogP contribution in [0.4, 0.5) is 0 Å². The fraction of sp³-hybridized carbons (Fsp3) is 0.632. The minimum atomic E-state index is -3.57. The number of rotatable bonds is 8. The van der Waals surface area contributed by atoms with E-state index in [1.165, 1.54) is 4.31 Å². The van der Waals surface area contributed by atoms with E-state index in [-0.39, 0.29) is 22.8 Å². The Bertz CT molecular complexity index is 742. The van der Waals surface area contributed by atoms with Crippen molar-refractivity contribution in [3.63, 3.8) is 0 Å². The van der Waals surface area contributed by atoms with Gasteiger partial charge in [-0.2, -0.15) is 4.31 Å². The minimum absolute atomic E-state index is 0.0338. The Hall–Kier alpha value is -1.64. The highest BCUT2D eigenvalue weighted by molar-refractivity contribution is 7.89. The number of hydrogen-bond acceptors (Lipinski definition) is 5. The summed E-state index contributed by atoms with van der Waals surface area (Å²) in [5.41, 5.74) is 0.791. The van der Waals surface area contributed by atoms with Gasteiger partial charge in [-0.3, -0.25) is 4.79 Å². The van der Waals surface area contributed by atoms with Crippen molar-refractivity contribution in [3.05, 3.63) is 23.8 Å². The molecule has 152 valence electrons. The van der Waals surface area contributed by atoms with E-state index >= 15 is 0 Å². The number of amides is 1. The standard InChI is InChI=1S/C19H30N2O5S/c1-5-26-18-7-6-17(12-14(18)2)27(23,24)21-10-8-16(9-11-21)19(22)20-15(3)13-25-4/h6-7,12,15-16H,5,8-11,13H2,1-4H3,(H,20,22)/t15-/m0/s1. The lowest BCUT2D eigenvalue weighted by Crippen LogP contribution is -2.45. The van der Waals surface area contributed by atoms with Crippen molar-refractivity contribution in [1.29, 1.82) is 0 Å². The first kappa shape index (κ1) is 21.7. The minimum Gasteiger partial charge on any atom is -0.494 e. The van der Waals surface area contributed by atoms with Crippen molar-refractivity contribution in [1.82, 2.24) is 9.62 Å². The number of aryl methyl sites for hydroxylation is 1. The van der Waals surface area contributed by atoms with E-state index < -0.39 is 10.0 Å². The van der Waals surface area contributed by atoms with Crippen molar-refractivity contribution in [2.75, 3.05) is 33.4 Å². The van der Waals surface area contributed by atoms with Crippen LogP contribution < -0.4 is 10.1 Å². The fourth-order valence-corrected chi connectivity index (χ4v) is 4.81. The summed E-state index contributed by atoms with van der Waals surface area (Å²) in [6.45, 7) is 7.27. The predicted molar refractivity (Wildman–Crippen MR) is 103 cm³/mol. The summed E-state index contributed by atoms with van der Waals surface area (Å²) in [6, 6.07) is 4.86. The number of benzene rings is 1. The van der Waals surface area contributed by atoms with Crippen LogP contribution in [-0.4, -0.2) is 58.1 Å². The van der Waals surface area contributed by atoms with Crippen LogP contribution in [0.5, 0.6) is 5.75 Å². The number of nitrogens with one attached hydrogen (secondary N) is 1. The number of methoxy groups -OCH3 is 1. The van der Waals surface area contributed by atoms with Crippen molar-refractivity contribution in [2.45, 2.75) is 44.6 Å². The summed E-state index contributed by atoms with van der Waals surface area (Å²) in [5, 5.41) is 2.92. The highest BCUT2D eigenvalue weighted by Crippen LogP contribution is 2.27. The molecular formula is C19H30N2O5S. The Morgan fingerprint density at radius 3 is 2.56 bits per heavy atom. The second kappa shape index (κ2) is 9.52. The van der Waals surface area contributed by atoms with Crippen LogP contribution >= 0.6 is 0 Å². The molecule has 0 radical (unpaired) electrons. The maximum atomic E-state index is 12.9. The third kappa shape index (κ3) is 5.43. The van der Waals surface area contributed by atoms with Crippen LogP contribution in [-0.2, 0) is 19.6 Å². The predicted octanol–water partition coefficient (Wildman–Crippen LogP) is 1.95. The molecule has 1 amide bonds. The molecule has 0 unspecified atom stereocenters. The number of carbonyl (C=O) groups excluding carboxylic acids is 1. The SMILES string of the molecule is CCOc1ccc(S(=O)(=O)N2CCC(C(=O)N[C@@H](C)COC)CC2)cc1C. The summed E-state index contributed by atoms with van der Waals surface area (Å²) in [6.07, 6.45) is 1.03. The molecule has 0 aromatic heterocycles. The molecule has 1 N–H and O–H groups in total. The second-order valence-corrected chi connectivity index (χ2v) is 8.84. The number of ether oxygens (including phenoxy) is 2. The van der Waals surface area contributed by atoms with Gasteiger partial charge in [-0.1, -0.05) is 0 Å². The maximum absolute atomic E-state index is 12.9. The Morgan fingerprint density at radius 1 is 1.33 bits per heavy atom. The molecule has 0 aliphatic carbocycles. The average molecular weight is 399 g/mol. The van der Waals surface area contributed by atoms with E-state index in [0.717, 1.165) is 5.56 Å². The van der Waals surface area contributed by atoms with E-state index in [9.17, 15) is 13.2 Å². The van der Waals surface area contributed by atoms with Gasteiger partial charge in [-0.05, 0) is 57.4 Å². The first-order chi connectivity index (χ1) is 12.8. The van der Waals surface area contributed by atoms with Gasteiger partial charge in [-0.25, -0.2) is 8.42 Å². The summed E-state index contributed by atoms with van der Waals surface area (Å²) >= 11 is 0. The van der Waals surface area contributed by atoms with Gasteiger partial charge in [0.05, 0.1) is 18.1 Å². The van der Waals surface area contributed by atoms with Crippen molar-refractivity contribution in [2.24, 2.45) is 5.92 Å². The van der Waals surface area contributed by atoms with Gasteiger partial charge in [0.2, 0.25) is 15.9 Å². The van der Waals surface area contributed by atoms with Crippen LogP contribution in [0.15, 0.2) is 23.1 Å².